The predicted molar refractivity (Wildman–Crippen MR) is 85.6 cm³/mol. The van der Waals surface area contributed by atoms with E-state index in [0.29, 0.717) is 37.0 Å². The number of benzene rings is 1. The van der Waals surface area contributed by atoms with E-state index < -0.39 is 0 Å². The number of hydrogen-bond donors (Lipinski definition) is 1. The van der Waals surface area contributed by atoms with Gasteiger partial charge in [0, 0.05) is 37.7 Å². The fraction of sp³-hybridized carbons (Fsp3) is 0.471. The van der Waals surface area contributed by atoms with E-state index in [-0.39, 0.29) is 11.7 Å². The van der Waals surface area contributed by atoms with Gasteiger partial charge >= 0.3 is 0 Å². The van der Waals surface area contributed by atoms with Crippen LogP contribution in [0.15, 0.2) is 28.8 Å². The molecule has 126 valence electrons. The van der Waals surface area contributed by atoms with Crippen molar-refractivity contribution in [2.24, 2.45) is 0 Å². The number of aromatic hydroxyl groups is 1. The van der Waals surface area contributed by atoms with Crippen molar-refractivity contribution in [3.05, 3.63) is 41.5 Å². The molecule has 7 heteroatoms. The highest BCUT2D eigenvalue weighted by molar-refractivity contribution is 5.94. The van der Waals surface area contributed by atoms with Crippen LogP contribution in [0.1, 0.15) is 40.8 Å². The fourth-order valence-corrected chi connectivity index (χ4v) is 2.93. The molecule has 0 spiro atoms. The number of aromatic nitrogens is 2. The maximum atomic E-state index is 12.4. The first kappa shape index (κ1) is 15.1. The van der Waals surface area contributed by atoms with Crippen molar-refractivity contribution >= 4 is 5.91 Å². The van der Waals surface area contributed by atoms with Crippen LogP contribution in [-0.2, 0) is 6.54 Å². The van der Waals surface area contributed by atoms with E-state index in [1.54, 1.807) is 12.1 Å². The van der Waals surface area contributed by atoms with Crippen LogP contribution < -0.4 is 0 Å². The summed E-state index contributed by atoms with van der Waals surface area (Å²) in [6.45, 7) is 3.55. The van der Waals surface area contributed by atoms with Crippen molar-refractivity contribution in [3.63, 3.8) is 0 Å². The first-order chi connectivity index (χ1) is 11.7. The molecule has 2 aromatic rings. The quantitative estimate of drug-likeness (QED) is 0.918. The maximum Gasteiger partial charge on any atom is 0.253 e. The number of nitrogens with zero attached hydrogens (tertiary/aromatic N) is 4. The topological polar surface area (TPSA) is 82.7 Å². The number of carbonyl (C=O) groups excluding carboxylic acids is 1. The molecule has 1 aromatic carbocycles. The molecule has 1 N–H and O–H groups in total. The van der Waals surface area contributed by atoms with E-state index in [9.17, 15) is 9.90 Å². The van der Waals surface area contributed by atoms with E-state index in [0.717, 1.165) is 31.8 Å². The summed E-state index contributed by atoms with van der Waals surface area (Å²) in [7, 11) is 0. The number of hydrogen-bond acceptors (Lipinski definition) is 6. The molecule has 1 aliphatic carbocycles. The Hall–Kier alpha value is -2.41. The van der Waals surface area contributed by atoms with Gasteiger partial charge in [-0.05, 0) is 37.1 Å². The molecule has 2 fully saturated rings. The first-order valence-corrected chi connectivity index (χ1v) is 8.32. The van der Waals surface area contributed by atoms with Gasteiger partial charge in [-0.25, -0.2) is 0 Å². The van der Waals surface area contributed by atoms with Crippen molar-refractivity contribution < 1.29 is 14.4 Å². The molecular weight excluding hydrogens is 308 g/mol. The van der Waals surface area contributed by atoms with E-state index in [1.807, 2.05) is 4.90 Å². The summed E-state index contributed by atoms with van der Waals surface area (Å²) < 4.78 is 5.32. The summed E-state index contributed by atoms with van der Waals surface area (Å²) in [6.07, 6.45) is 2.33. The second-order valence-electron chi connectivity index (χ2n) is 6.44. The highest BCUT2D eigenvalue weighted by Crippen LogP contribution is 2.38. The van der Waals surface area contributed by atoms with Crippen molar-refractivity contribution in [1.29, 1.82) is 0 Å². The molecule has 1 amide bonds. The molecule has 7 nitrogen and oxygen atoms in total. The third kappa shape index (κ3) is 3.26. The maximum absolute atomic E-state index is 12.4. The van der Waals surface area contributed by atoms with Crippen molar-refractivity contribution in [1.82, 2.24) is 19.9 Å². The Morgan fingerprint density at radius 2 is 1.88 bits per heavy atom. The highest BCUT2D eigenvalue weighted by atomic mass is 16.5. The standard InChI is InChI=1S/C17H20N4O3/c22-14-5-3-13(4-6-14)17(23)21-9-7-20(8-10-21)11-15-18-16(19-24-15)12-1-2-12/h3-6,12,22H,1-2,7-11H2. The number of piperazine rings is 1. The van der Waals surface area contributed by atoms with Crippen LogP contribution in [0.5, 0.6) is 5.75 Å². The summed E-state index contributed by atoms with van der Waals surface area (Å²) in [5.41, 5.74) is 0.604. The molecule has 2 aliphatic rings. The molecule has 24 heavy (non-hydrogen) atoms. The lowest BCUT2D eigenvalue weighted by Crippen LogP contribution is -2.48. The first-order valence-electron chi connectivity index (χ1n) is 8.32. The van der Waals surface area contributed by atoms with E-state index in [2.05, 4.69) is 15.0 Å². The highest BCUT2D eigenvalue weighted by Gasteiger charge is 2.29. The molecule has 4 rings (SSSR count). The third-order valence-electron chi connectivity index (χ3n) is 4.56. The normalized spacial score (nSPS) is 18.8. The van der Waals surface area contributed by atoms with E-state index in [4.69, 9.17) is 4.52 Å². The minimum absolute atomic E-state index is 0.00320. The smallest absolute Gasteiger partial charge is 0.253 e. The van der Waals surface area contributed by atoms with Gasteiger partial charge in [0.05, 0.1) is 6.54 Å². The summed E-state index contributed by atoms with van der Waals surface area (Å²) in [5.74, 6) is 2.17. The van der Waals surface area contributed by atoms with Gasteiger partial charge in [-0.2, -0.15) is 4.98 Å². The Labute approximate surface area is 139 Å². The number of phenolic OH excluding ortho intramolecular Hbond substituents is 1. The lowest BCUT2D eigenvalue weighted by atomic mass is 10.1. The molecule has 0 radical (unpaired) electrons. The SMILES string of the molecule is O=C(c1ccc(O)cc1)N1CCN(Cc2nc(C3CC3)no2)CC1. The average molecular weight is 328 g/mol. The average Bonchev–Trinajstić information content (AvgIpc) is 3.36. The molecule has 0 atom stereocenters. The van der Waals surface area contributed by atoms with Crippen LogP contribution in [-0.4, -0.2) is 57.1 Å². The number of phenols is 1. The number of amides is 1. The van der Waals surface area contributed by atoms with Gasteiger partial charge in [0.15, 0.2) is 5.82 Å². The Morgan fingerprint density at radius 3 is 2.54 bits per heavy atom. The van der Waals surface area contributed by atoms with E-state index in [1.165, 1.54) is 12.1 Å². The Balaban J connectivity index is 1.30. The summed E-state index contributed by atoms with van der Waals surface area (Å²) in [4.78, 5) is 21.0. The van der Waals surface area contributed by atoms with Crippen LogP contribution in [0.4, 0.5) is 0 Å². The van der Waals surface area contributed by atoms with Gasteiger partial charge in [-0.15, -0.1) is 0 Å². The van der Waals surface area contributed by atoms with Crippen molar-refractivity contribution in [3.8, 4) is 5.75 Å². The van der Waals surface area contributed by atoms with Crippen LogP contribution in [0, 0.1) is 0 Å². The summed E-state index contributed by atoms with van der Waals surface area (Å²) >= 11 is 0. The van der Waals surface area contributed by atoms with Crippen LogP contribution in [0.25, 0.3) is 0 Å². The summed E-state index contributed by atoms with van der Waals surface area (Å²) in [6, 6.07) is 6.39. The lowest BCUT2D eigenvalue weighted by molar-refractivity contribution is 0.0615. The van der Waals surface area contributed by atoms with Gasteiger partial charge in [-0.3, -0.25) is 9.69 Å². The molecule has 2 heterocycles. The fourth-order valence-electron chi connectivity index (χ4n) is 2.93. The van der Waals surface area contributed by atoms with Gasteiger partial charge in [-0.1, -0.05) is 5.16 Å². The van der Waals surface area contributed by atoms with Gasteiger partial charge in [0.1, 0.15) is 5.75 Å². The molecule has 0 unspecified atom stereocenters. The summed E-state index contributed by atoms with van der Waals surface area (Å²) in [5, 5.41) is 13.3. The molecule has 1 saturated carbocycles. The Morgan fingerprint density at radius 1 is 1.17 bits per heavy atom. The Kier molecular flexibility index (Phi) is 3.93. The zero-order chi connectivity index (χ0) is 16.5. The monoisotopic (exact) mass is 328 g/mol. The molecule has 1 aliphatic heterocycles. The predicted octanol–water partition coefficient (Wildman–Crippen LogP) is 1.61. The zero-order valence-electron chi connectivity index (χ0n) is 13.4. The molecule has 1 aromatic heterocycles. The lowest BCUT2D eigenvalue weighted by Gasteiger charge is -2.34. The van der Waals surface area contributed by atoms with Crippen molar-refractivity contribution in [2.75, 3.05) is 26.2 Å². The zero-order valence-corrected chi connectivity index (χ0v) is 13.4. The molecule has 1 saturated heterocycles. The second-order valence-corrected chi connectivity index (χ2v) is 6.44. The second kappa shape index (κ2) is 6.24. The van der Waals surface area contributed by atoms with Gasteiger partial charge < -0.3 is 14.5 Å². The number of carbonyl (C=O) groups is 1. The number of rotatable bonds is 4. The van der Waals surface area contributed by atoms with Crippen LogP contribution >= 0.6 is 0 Å². The molecular formula is C17H20N4O3. The minimum Gasteiger partial charge on any atom is -0.508 e. The largest absolute Gasteiger partial charge is 0.508 e. The van der Waals surface area contributed by atoms with Gasteiger partial charge in [0.25, 0.3) is 5.91 Å². The van der Waals surface area contributed by atoms with E-state index >= 15 is 0 Å². The van der Waals surface area contributed by atoms with Crippen LogP contribution in [0.3, 0.4) is 0 Å². The van der Waals surface area contributed by atoms with Crippen LogP contribution in [0.2, 0.25) is 0 Å². The van der Waals surface area contributed by atoms with Crippen molar-refractivity contribution in [2.45, 2.75) is 25.3 Å². The Bertz CT molecular complexity index is 716. The third-order valence-corrected chi connectivity index (χ3v) is 4.56. The molecule has 0 bridgehead atoms. The van der Waals surface area contributed by atoms with Gasteiger partial charge in [0.2, 0.25) is 5.89 Å². The minimum atomic E-state index is 0.00320.